The number of Topliss-reactive ketones (excluding diaryl/α,β-unsaturated/α-hetero) is 1. The van der Waals surface area contributed by atoms with Gasteiger partial charge in [-0.1, -0.05) is 20.8 Å². The summed E-state index contributed by atoms with van der Waals surface area (Å²) in [6.07, 6.45) is 0.274. The monoisotopic (exact) mass is 227 g/mol. The highest BCUT2D eigenvalue weighted by Crippen LogP contribution is 2.29. The molecule has 0 spiro atoms. The molecular formula is C13H25NO2. The summed E-state index contributed by atoms with van der Waals surface area (Å²) in [4.78, 5) is 23.3. The molecule has 0 saturated carbocycles. The lowest BCUT2D eigenvalue weighted by Crippen LogP contribution is -2.43. The molecule has 0 radical (unpaired) electrons. The quantitative estimate of drug-likeness (QED) is 0.805. The van der Waals surface area contributed by atoms with Gasteiger partial charge in [0.1, 0.15) is 5.78 Å². The molecule has 0 aliphatic carbocycles. The van der Waals surface area contributed by atoms with Crippen LogP contribution in [0.15, 0.2) is 0 Å². The van der Waals surface area contributed by atoms with Gasteiger partial charge in [-0.15, -0.1) is 0 Å². The van der Waals surface area contributed by atoms with Crippen LogP contribution in [0.4, 0.5) is 0 Å². The second-order valence-corrected chi connectivity index (χ2v) is 6.53. The minimum Gasteiger partial charge on any atom is -0.351 e. The van der Waals surface area contributed by atoms with E-state index in [1.54, 1.807) is 6.92 Å². The summed E-state index contributed by atoms with van der Waals surface area (Å²) in [7, 11) is 0. The third kappa shape index (κ3) is 5.89. The maximum atomic E-state index is 11.8. The van der Waals surface area contributed by atoms with Crippen molar-refractivity contribution in [2.45, 2.75) is 60.4 Å². The Labute approximate surface area is 99.0 Å². The average Bonchev–Trinajstić information content (AvgIpc) is 1.93. The van der Waals surface area contributed by atoms with E-state index in [2.05, 4.69) is 5.32 Å². The van der Waals surface area contributed by atoms with Crippen LogP contribution in [0.5, 0.6) is 0 Å². The molecule has 0 aromatic heterocycles. The van der Waals surface area contributed by atoms with Gasteiger partial charge >= 0.3 is 0 Å². The van der Waals surface area contributed by atoms with Crippen LogP contribution in [0, 0.1) is 11.3 Å². The van der Waals surface area contributed by atoms with E-state index in [4.69, 9.17) is 0 Å². The van der Waals surface area contributed by atoms with Crippen molar-refractivity contribution in [1.82, 2.24) is 5.32 Å². The Kier molecular flexibility index (Phi) is 4.71. The first-order chi connectivity index (χ1) is 6.93. The van der Waals surface area contributed by atoms with Gasteiger partial charge in [0.2, 0.25) is 5.91 Å². The molecule has 0 unspecified atom stereocenters. The molecule has 3 heteroatoms. The van der Waals surface area contributed by atoms with Gasteiger partial charge in [-0.2, -0.15) is 0 Å². The average molecular weight is 227 g/mol. The van der Waals surface area contributed by atoms with E-state index in [1.807, 2.05) is 41.5 Å². The number of nitrogens with one attached hydrogen (secondary N) is 1. The van der Waals surface area contributed by atoms with Gasteiger partial charge < -0.3 is 5.32 Å². The molecule has 0 fully saturated rings. The van der Waals surface area contributed by atoms with E-state index in [1.165, 1.54) is 0 Å². The van der Waals surface area contributed by atoms with Gasteiger partial charge in [0, 0.05) is 17.9 Å². The summed E-state index contributed by atoms with van der Waals surface area (Å²) in [5.41, 5.74) is -0.405. The molecule has 3 nitrogen and oxygen atoms in total. The van der Waals surface area contributed by atoms with E-state index < -0.39 is 0 Å². The predicted octanol–water partition coefficient (Wildman–Crippen LogP) is 2.54. The predicted molar refractivity (Wildman–Crippen MR) is 66.1 cm³/mol. The highest BCUT2D eigenvalue weighted by Gasteiger charge is 2.31. The zero-order valence-corrected chi connectivity index (χ0v) is 11.6. The summed E-state index contributed by atoms with van der Waals surface area (Å²) < 4.78 is 0. The molecule has 0 bridgehead atoms. The lowest BCUT2D eigenvalue weighted by Gasteiger charge is -2.29. The third-order valence-corrected chi connectivity index (χ3v) is 2.44. The zero-order valence-electron chi connectivity index (χ0n) is 11.6. The lowest BCUT2D eigenvalue weighted by molar-refractivity contribution is -0.131. The van der Waals surface area contributed by atoms with Crippen molar-refractivity contribution in [1.29, 1.82) is 0 Å². The molecule has 1 amide bonds. The van der Waals surface area contributed by atoms with Gasteiger partial charge in [-0.25, -0.2) is 0 Å². The van der Waals surface area contributed by atoms with Crippen LogP contribution < -0.4 is 5.32 Å². The van der Waals surface area contributed by atoms with Crippen molar-refractivity contribution in [2.24, 2.45) is 11.3 Å². The summed E-state index contributed by atoms with van der Waals surface area (Å²) in [6.45, 7) is 13.3. The molecule has 0 heterocycles. The number of carbonyl (C=O) groups excluding carboxylic acids is 2. The number of amides is 1. The standard InChI is InChI=1S/C13H25NO2/c1-9(15)10(12(2,3)4)8-11(16)14-13(5,6)7/h10H,8H2,1-7H3,(H,14,16)/t10-/m1/s1. The molecule has 0 aliphatic heterocycles. The fourth-order valence-electron chi connectivity index (χ4n) is 1.71. The first kappa shape index (κ1) is 15.1. The maximum Gasteiger partial charge on any atom is 0.221 e. The molecule has 0 aromatic carbocycles. The van der Waals surface area contributed by atoms with Crippen LogP contribution in [0.1, 0.15) is 54.9 Å². The molecule has 1 atom stereocenters. The van der Waals surface area contributed by atoms with Gasteiger partial charge in [0.25, 0.3) is 0 Å². The van der Waals surface area contributed by atoms with E-state index in [9.17, 15) is 9.59 Å². The molecule has 94 valence electrons. The number of rotatable bonds is 3. The largest absolute Gasteiger partial charge is 0.351 e. The number of ketones is 1. The van der Waals surface area contributed by atoms with E-state index in [-0.39, 0.29) is 35.0 Å². The second-order valence-electron chi connectivity index (χ2n) is 6.53. The van der Waals surface area contributed by atoms with E-state index in [0.29, 0.717) is 0 Å². The smallest absolute Gasteiger partial charge is 0.221 e. The number of carbonyl (C=O) groups is 2. The van der Waals surface area contributed by atoms with Crippen molar-refractivity contribution in [3.05, 3.63) is 0 Å². The minimum atomic E-state index is -0.240. The van der Waals surface area contributed by atoms with Crippen LogP contribution in [-0.2, 0) is 9.59 Å². The van der Waals surface area contributed by atoms with Crippen molar-refractivity contribution in [2.75, 3.05) is 0 Å². The Balaban J connectivity index is 4.56. The van der Waals surface area contributed by atoms with Gasteiger partial charge in [-0.3, -0.25) is 9.59 Å². The maximum absolute atomic E-state index is 11.8. The van der Waals surface area contributed by atoms with Crippen molar-refractivity contribution in [3.8, 4) is 0 Å². The molecule has 0 aromatic rings. The van der Waals surface area contributed by atoms with Gasteiger partial charge in [0.05, 0.1) is 0 Å². The third-order valence-electron chi connectivity index (χ3n) is 2.44. The van der Waals surface area contributed by atoms with Crippen LogP contribution >= 0.6 is 0 Å². The number of hydrogen-bond acceptors (Lipinski definition) is 2. The summed E-state index contributed by atoms with van der Waals surface area (Å²) in [5.74, 6) is -0.186. The highest BCUT2D eigenvalue weighted by molar-refractivity contribution is 5.86. The van der Waals surface area contributed by atoms with Gasteiger partial charge in [0.15, 0.2) is 0 Å². The highest BCUT2D eigenvalue weighted by atomic mass is 16.2. The van der Waals surface area contributed by atoms with Gasteiger partial charge in [-0.05, 0) is 33.1 Å². The van der Waals surface area contributed by atoms with E-state index >= 15 is 0 Å². The Bertz CT molecular complexity index is 269. The lowest BCUT2D eigenvalue weighted by atomic mass is 9.76. The van der Waals surface area contributed by atoms with Crippen LogP contribution in [0.3, 0.4) is 0 Å². The molecule has 16 heavy (non-hydrogen) atoms. The van der Waals surface area contributed by atoms with Crippen LogP contribution in [-0.4, -0.2) is 17.2 Å². The molecule has 0 rings (SSSR count). The molecule has 0 saturated heterocycles. The van der Waals surface area contributed by atoms with E-state index in [0.717, 1.165) is 0 Å². The Morgan fingerprint density at radius 2 is 1.50 bits per heavy atom. The normalized spacial score (nSPS) is 14.4. The summed E-state index contributed by atoms with van der Waals surface area (Å²) in [5, 5.41) is 2.89. The SMILES string of the molecule is CC(=O)[C@@H](CC(=O)NC(C)(C)C)C(C)(C)C. The van der Waals surface area contributed by atoms with Crippen LogP contribution in [0.2, 0.25) is 0 Å². The molecular weight excluding hydrogens is 202 g/mol. The molecule has 1 N–H and O–H groups in total. The second kappa shape index (κ2) is 4.98. The van der Waals surface area contributed by atoms with Crippen molar-refractivity contribution >= 4 is 11.7 Å². The topological polar surface area (TPSA) is 46.2 Å². The van der Waals surface area contributed by atoms with Crippen LogP contribution in [0.25, 0.3) is 0 Å². The van der Waals surface area contributed by atoms with Crippen molar-refractivity contribution < 1.29 is 9.59 Å². The number of hydrogen-bond donors (Lipinski definition) is 1. The summed E-state index contributed by atoms with van der Waals surface area (Å²) in [6, 6.07) is 0. The first-order valence-corrected chi connectivity index (χ1v) is 5.75. The Morgan fingerprint density at radius 3 is 1.75 bits per heavy atom. The summed E-state index contributed by atoms with van der Waals surface area (Å²) >= 11 is 0. The Morgan fingerprint density at radius 1 is 1.06 bits per heavy atom. The fourth-order valence-corrected chi connectivity index (χ4v) is 1.71. The zero-order chi connectivity index (χ0) is 13.1. The fraction of sp³-hybridized carbons (Fsp3) is 0.846. The van der Waals surface area contributed by atoms with Crippen molar-refractivity contribution in [3.63, 3.8) is 0 Å². The minimum absolute atomic E-state index is 0.0531. The Hall–Kier alpha value is -0.860. The molecule has 0 aliphatic rings. The first-order valence-electron chi connectivity index (χ1n) is 5.75.